The van der Waals surface area contributed by atoms with E-state index in [0.29, 0.717) is 29.1 Å². The molecule has 1 aliphatic rings. The van der Waals surface area contributed by atoms with Crippen LogP contribution in [0, 0.1) is 6.92 Å². The van der Waals surface area contributed by atoms with Gasteiger partial charge in [-0.1, -0.05) is 12.1 Å². The first-order valence-electron chi connectivity index (χ1n) is 8.77. The number of H-pyrrole nitrogens is 1. The third kappa shape index (κ3) is 2.99. The number of aromatic nitrogens is 3. The van der Waals surface area contributed by atoms with Gasteiger partial charge in [0.1, 0.15) is 17.4 Å². The predicted octanol–water partition coefficient (Wildman–Crippen LogP) is 1.50. The second kappa shape index (κ2) is 6.39. The summed E-state index contributed by atoms with van der Waals surface area (Å²) in [5.74, 6) is -0.0264. The van der Waals surface area contributed by atoms with Crippen molar-refractivity contribution in [2.75, 3.05) is 11.9 Å². The lowest BCUT2D eigenvalue weighted by Gasteiger charge is -2.14. The molecular formula is C19H20N6O2. The Morgan fingerprint density at radius 2 is 2.11 bits per heavy atom. The molecule has 0 spiro atoms. The fraction of sp³-hybridized carbons (Fsp3) is 0.263. The summed E-state index contributed by atoms with van der Waals surface area (Å²) in [6, 6.07) is 7.01. The molecule has 1 aliphatic heterocycles. The molecule has 0 fully saturated rings. The van der Waals surface area contributed by atoms with Gasteiger partial charge in [-0.05, 0) is 26.0 Å². The number of fused-ring (bicyclic) bond motifs is 2. The van der Waals surface area contributed by atoms with E-state index in [2.05, 4.69) is 20.6 Å². The zero-order valence-electron chi connectivity index (χ0n) is 15.1. The van der Waals surface area contributed by atoms with Crippen molar-refractivity contribution in [1.82, 2.24) is 20.3 Å². The zero-order chi connectivity index (χ0) is 19.1. The first-order valence-corrected chi connectivity index (χ1v) is 8.77. The van der Waals surface area contributed by atoms with E-state index in [4.69, 9.17) is 10.7 Å². The van der Waals surface area contributed by atoms with E-state index < -0.39 is 11.9 Å². The first-order chi connectivity index (χ1) is 12.9. The Morgan fingerprint density at radius 3 is 2.85 bits per heavy atom. The second-order valence-electron chi connectivity index (χ2n) is 6.68. The number of nitrogens with one attached hydrogen (secondary N) is 3. The summed E-state index contributed by atoms with van der Waals surface area (Å²) in [6.45, 7) is 4.13. The molecule has 0 radical (unpaired) electrons. The number of benzene rings is 1. The summed E-state index contributed by atoms with van der Waals surface area (Å²) in [5.41, 5.74) is 10.7. The van der Waals surface area contributed by atoms with Crippen LogP contribution in [0.2, 0.25) is 0 Å². The number of para-hydroxylation sites is 1. The maximum absolute atomic E-state index is 12.1. The number of nitrogens with zero attached hydrogens (tertiary/aromatic N) is 2. The van der Waals surface area contributed by atoms with Crippen LogP contribution in [0.3, 0.4) is 0 Å². The van der Waals surface area contributed by atoms with Gasteiger partial charge in [-0.15, -0.1) is 0 Å². The lowest BCUT2D eigenvalue weighted by Crippen LogP contribution is -2.33. The monoisotopic (exact) mass is 364 g/mol. The van der Waals surface area contributed by atoms with Gasteiger partial charge in [0.05, 0.1) is 16.8 Å². The number of nitrogens with two attached hydrogens (primary N) is 1. The van der Waals surface area contributed by atoms with E-state index in [1.807, 2.05) is 31.2 Å². The Kier molecular flexibility index (Phi) is 4.02. The van der Waals surface area contributed by atoms with Crippen molar-refractivity contribution in [2.45, 2.75) is 26.3 Å². The van der Waals surface area contributed by atoms with Gasteiger partial charge in [0.2, 0.25) is 5.91 Å². The van der Waals surface area contributed by atoms with Crippen LogP contribution in [0.1, 0.15) is 28.7 Å². The average molecular weight is 364 g/mol. The number of hydrogen-bond donors (Lipinski definition) is 4. The molecule has 0 saturated carbocycles. The first kappa shape index (κ1) is 17.0. The Hall–Kier alpha value is -3.42. The van der Waals surface area contributed by atoms with E-state index in [1.165, 1.54) is 0 Å². The van der Waals surface area contributed by atoms with Gasteiger partial charge >= 0.3 is 0 Å². The molecule has 138 valence electrons. The van der Waals surface area contributed by atoms with Crippen LogP contribution in [0.4, 0.5) is 5.82 Å². The zero-order valence-corrected chi connectivity index (χ0v) is 15.1. The van der Waals surface area contributed by atoms with Crippen molar-refractivity contribution in [3.8, 4) is 11.3 Å². The molecule has 0 bridgehead atoms. The van der Waals surface area contributed by atoms with Crippen molar-refractivity contribution < 1.29 is 9.59 Å². The molecule has 4 rings (SSSR count). The van der Waals surface area contributed by atoms with E-state index in [1.54, 1.807) is 6.92 Å². The number of aromatic amines is 1. The van der Waals surface area contributed by atoms with Crippen LogP contribution in [0.25, 0.3) is 22.3 Å². The molecule has 5 N–H and O–H groups in total. The number of carbonyl (C=O) groups excluding carboxylic acids is 2. The van der Waals surface area contributed by atoms with Gasteiger partial charge < -0.3 is 21.4 Å². The van der Waals surface area contributed by atoms with Crippen LogP contribution < -0.4 is 16.4 Å². The number of aryl methyl sites for hydroxylation is 1. The molecule has 1 unspecified atom stereocenters. The van der Waals surface area contributed by atoms with Crippen molar-refractivity contribution >= 4 is 28.7 Å². The van der Waals surface area contributed by atoms with Gasteiger partial charge in [0.15, 0.2) is 0 Å². The van der Waals surface area contributed by atoms with Crippen molar-refractivity contribution in [3.63, 3.8) is 0 Å². The molecule has 8 heteroatoms. The van der Waals surface area contributed by atoms with E-state index >= 15 is 0 Å². The molecule has 1 atom stereocenters. The maximum atomic E-state index is 12.1. The third-order valence-corrected chi connectivity index (χ3v) is 4.74. The van der Waals surface area contributed by atoms with Gasteiger partial charge in [0, 0.05) is 29.9 Å². The summed E-state index contributed by atoms with van der Waals surface area (Å²) >= 11 is 0. The van der Waals surface area contributed by atoms with Gasteiger partial charge in [-0.3, -0.25) is 9.59 Å². The molecule has 0 saturated heterocycles. The van der Waals surface area contributed by atoms with Gasteiger partial charge in [-0.25, -0.2) is 9.97 Å². The van der Waals surface area contributed by atoms with Gasteiger partial charge in [-0.2, -0.15) is 0 Å². The molecule has 8 nitrogen and oxygen atoms in total. The number of rotatable bonds is 4. The van der Waals surface area contributed by atoms with E-state index in [9.17, 15) is 9.59 Å². The molecule has 0 aliphatic carbocycles. The number of amides is 2. The summed E-state index contributed by atoms with van der Waals surface area (Å²) in [4.78, 5) is 36.1. The van der Waals surface area contributed by atoms with Crippen LogP contribution in [-0.2, 0) is 11.2 Å². The van der Waals surface area contributed by atoms with Crippen LogP contribution >= 0.6 is 0 Å². The summed E-state index contributed by atoms with van der Waals surface area (Å²) in [6.07, 6.45) is 0.763. The Morgan fingerprint density at radius 1 is 1.30 bits per heavy atom. The number of anilines is 1. The standard InChI is InChI=1S/C19H20N6O2/c1-9(17(20)26)23-18-10(2)22-14-5-3-4-11(16(14)25-18)15-8-12-13(24-15)6-7-21-19(12)27/h3-5,8-9,24H,6-7H2,1-2H3,(H2,20,26)(H,21,27)(H,23,25). The van der Waals surface area contributed by atoms with Gasteiger partial charge in [0.25, 0.3) is 5.91 Å². The highest BCUT2D eigenvalue weighted by Gasteiger charge is 2.21. The Balaban J connectivity index is 1.84. The summed E-state index contributed by atoms with van der Waals surface area (Å²) in [5, 5.41) is 5.86. The van der Waals surface area contributed by atoms with Crippen molar-refractivity contribution in [2.24, 2.45) is 5.73 Å². The smallest absolute Gasteiger partial charge is 0.253 e. The number of hydrogen-bond acceptors (Lipinski definition) is 5. The highest BCUT2D eigenvalue weighted by atomic mass is 16.2. The number of primary amides is 1. The molecule has 3 heterocycles. The molecular weight excluding hydrogens is 344 g/mol. The second-order valence-corrected chi connectivity index (χ2v) is 6.68. The largest absolute Gasteiger partial charge is 0.368 e. The highest BCUT2D eigenvalue weighted by Crippen LogP contribution is 2.30. The highest BCUT2D eigenvalue weighted by molar-refractivity contribution is 5.99. The van der Waals surface area contributed by atoms with Crippen LogP contribution in [-0.4, -0.2) is 39.4 Å². The predicted molar refractivity (Wildman–Crippen MR) is 102 cm³/mol. The molecule has 3 aromatic rings. The lowest BCUT2D eigenvalue weighted by atomic mass is 10.1. The average Bonchev–Trinajstić information content (AvgIpc) is 3.07. The van der Waals surface area contributed by atoms with Crippen molar-refractivity contribution in [1.29, 1.82) is 0 Å². The van der Waals surface area contributed by atoms with Crippen molar-refractivity contribution in [3.05, 3.63) is 41.2 Å². The topological polar surface area (TPSA) is 126 Å². The maximum Gasteiger partial charge on any atom is 0.253 e. The SMILES string of the molecule is Cc1nc2cccc(-c3cc4c([nH]3)CCNC4=O)c2nc1NC(C)C(N)=O. The minimum atomic E-state index is -0.566. The summed E-state index contributed by atoms with van der Waals surface area (Å²) < 4.78 is 0. The third-order valence-electron chi connectivity index (χ3n) is 4.74. The lowest BCUT2D eigenvalue weighted by molar-refractivity contribution is -0.118. The van der Waals surface area contributed by atoms with E-state index in [-0.39, 0.29) is 5.91 Å². The Bertz CT molecular complexity index is 1070. The number of carbonyl (C=O) groups is 2. The minimum absolute atomic E-state index is 0.0708. The van der Waals surface area contributed by atoms with E-state index in [0.717, 1.165) is 28.9 Å². The van der Waals surface area contributed by atoms with Crippen LogP contribution in [0.5, 0.6) is 0 Å². The fourth-order valence-corrected chi connectivity index (χ4v) is 3.23. The fourth-order valence-electron chi connectivity index (χ4n) is 3.23. The molecule has 2 aromatic heterocycles. The molecule has 27 heavy (non-hydrogen) atoms. The Labute approximate surface area is 155 Å². The summed E-state index contributed by atoms with van der Waals surface area (Å²) in [7, 11) is 0. The molecule has 2 amide bonds. The quantitative estimate of drug-likeness (QED) is 0.558. The minimum Gasteiger partial charge on any atom is -0.368 e. The normalized spacial score (nSPS) is 14.5. The molecule has 1 aromatic carbocycles. The van der Waals surface area contributed by atoms with Crippen LogP contribution in [0.15, 0.2) is 24.3 Å².